The van der Waals surface area contributed by atoms with Crippen molar-refractivity contribution in [1.82, 2.24) is 9.55 Å². The van der Waals surface area contributed by atoms with Gasteiger partial charge in [0.25, 0.3) is 0 Å². The summed E-state index contributed by atoms with van der Waals surface area (Å²) in [5, 5.41) is 21.6. The third-order valence-electron chi connectivity index (χ3n) is 2.22. The van der Waals surface area contributed by atoms with E-state index in [1.165, 1.54) is 0 Å². The minimum absolute atomic E-state index is 0.224. The normalized spacial score (nSPS) is 9.35. The van der Waals surface area contributed by atoms with Gasteiger partial charge in [0.1, 0.15) is 17.8 Å². The van der Waals surface area contributed by atoms with Crippen LogP contribution in [0.25, 0.3) is 11.0 Å². The van der Waals surface area contributed by atoms with Crippen molar-refractivity contribution in [3.8, 4) is 12.1 Å². The lowest BCUT2D eigenvalue weighted by Crippen LogP contribution is -1.97. The average Bonchev–Trinajstić information content (AvgIpc) is 2.72. The lowest BCUT2D eigenvalue weighted by atomic mass is 10.3. The van der Waals surface area contributed by atoms with Crippen LogP contribution in [0.5, 0.6) is 0 Å². The molecule has 2 heterocycles. The first-order valence-corrected chi connectivity index (χ1v) is 4.79. The summed E-state index contributed by atoms with van der Waals surface area (Å²) in [7, 11) is 1.91. The van der Waals surface area contributed by atoms with Crippen LogP contribution in [0, 0.1) is 22.7 Å². The highest BCUT2D eigenvalue weighted by atomic mass is 15.3. The highest BCUT2D eigenvalue weighted by Crippen LogP contribution is 2.16. The van der Waals surface area contributed by atoms with E-state index in [9.17, 15) is 0 Å². The van der Waals surface area contributed by atoms with Crippen LogP contribution in [0.2, 0.25) is 0 Å². The molecule has 2 rings (SSSR count). The number of hydrogen-bond acceptors (Lipinski definition) is 5. The molecule has 2 aromatic heterocycles. The fourth-order valence-corrected chi connectivity index (χ4v) is 1.41. The summed E-state index contributed by atoms with van der Waals surface area (Å²) in [4.78, 5) is 4.24. The quantitative estimate of drug-likeness (QED) is 0.616. The highest BCUT2D eigenvalue weighted by Gasteiger charge is 2.00. The molecule has 0 saturated carbocycles. The van der Waals surface area contributed by atoms with Crippen LogP contribution < -0.4 is 5.43 Å². The summed E-state index contributed by atoms with van der Waals surface area (Å²) < 4.78 is 1.90. The Balaban J connectivity index is 2.30. The van der Waals surface area contributed by atoms with E-state index in [1.807, 2.05) is 29.9 Å². The lowest BCUT2D eigenvalue weighted by molar-refractivity contribution is 0.948. The van der Waals surface area contributed by atoms with Gasteiger partial charge in [-0.25, -0.2) is 4.98 Å². The van der Waals surface area contributed by atoms with Crippen LogP contribution in [0.4, 0.5) is 5.69 Å². The molecule has 0 amide bonds. The Kier molecular flexibility index (Phi) is 2.71. The number of pyridine rings is 1. The van der Waals surface area contributed by atoms with E-state index in [2.05, 4.69) is 15.5 Å². The van der Waals surface area contributed by atoms with E-state index in [-0.39, 0.29) is 5.71 Å². The van der Waals surface area contributed by atoms with Crippen LogP contribution in [0.3, 0.4) is 0 Å². The summed E-state index contributed by atoms with van der Waals surface area (Å²) in [5.41, 5.74) is 3.89. The predicted octanol–water partition coefficient (Wildman–Crippen LogP) is 1.39. The van der Waals surface area contributed by atoms with E-state index < -0.39 is 0 Å². The molecule has 0 aliphatic carbocycles. The van der Waals surface area contributed by atoms with Crippen LogP contribution in [-0.2, 0) is 7.05 Å². The van der Waals surface area contributed by atoms with Crippen molar-refractivity contribution in [1.29, 1.82) is 10.5 Å². The first-order chi connectivity index (χ1) is 8.24. The molecule has 0 spiro atoms. The van der Waals surface area contributed by atoms with Gasteiger partial charge in [0.2, 0.25) is 5.71 Å². The Morgan fingerprint density at radius 1 is 1.47 bits per heavy atom. The summed E-state index contributed by atoms with van der Waals surface area (Å²) in [6, 6.07) is 7.10. The molecule has 0 saturated heterocycles. The van der Waals surface area contributed by atoms with E-state index in [1.54, 1.807) is 18.3 Å². The average molecular weight is 224 g/mol. The Bertz CT molecular complexity index is 651. The molecule has 0 aliphatic heterocycles. The van der Waals surface area contributed by atoms with Crippen molar-refractivity contribution in [2.24, 2.45) is 12.1 Å². The molecule has 0 atom stereocenters. The number of nitrogens with zero attached hydrogens (tertiary/aromatic N) is 5. The zero-order valence-electron chi connectivity index (χ0n) is 9.05. The number of fused-ring (bicyclic) bond motifs is 1. The van der Waals surface area contributed by atoms with Gasteiger partial charge in [-0.3, -0.25) is 5.43 Å². The van der Waals surface area contributed by atoms with Crippen LogP contribution in [0.15, 0.2) is 29.6 Å². The number of anilines is 1. The SMILES string of the molecule is Cn1ccc2cc(NN=C(C#N)C#N)cnc21. The zero-order chi connectivity index (χ0) is 12.3. The second-order valence-corrected chi connectivity index (χ2v) is 3.36. The number of hydrazone groups is 1. The standard InChI is InChI=1S/C11H8N6/c1-17-3-2-8-4-9(7-14-11(8)17)15-16-10(5-12)6-13/h2-4,7,15H,1H3. The Morgan fingerprint density at radius 3 is 2.94 bits per heavy atom. The second kappa shape index (κ2) is 4.33. The van der Waals surface area contributed by atoms with E-state index >= 15 is 0 Å². The van der Waals surface area contributed by atoms with Crippen LogP contribution >= 0.6 is 0 Å². The van der Waals surface area contributed by atoms with Gasteiger partial charge in [-0.05, 0) is 12.1 Å². The van der Waals surface area contributed by atoms with Crippen molar-refractivity contribution in [3.05, 3.63) is 24.5 Å². The molecule has 0 unspecified atom stereocenters. The molecule has 0 fully saturated rings. The first-order valence-electron chi connectivity index (χ1n) is 4.79. The summed E-state index contributed by atoms with van der Waals surface area (Å²) in [6.07, 6.45) is 3.50. The molecule has 82 valence electrons. The first kappa shape index (κ1) is 10.7. The van der Waals surface area contributed by atoms with Crippen molar-refractivity contribution in [3.63, 3.8) is 0 Å². The molecule has 0 bridgehead atoms. The molecule has 6 nitrogen and oxygen atoms in total. The fraction of sp³-hybridized carbons (Fsp3) is 0.0909. The number of aromatic nitrogens is 2. The monoisotopic (exact) mass is 224 g/mol. The summed E-state index contributed by atoms with van der Waals surface area (Å²) >= 11 is 0. The maximum absolute atomic E-state index is 8.52. The van der Waals surface area contributed by atoms with E-state index in [0.29, 0.717) is 5.69 Å². The number of nitriles is 2. The van der Waals surface area contributed by atoms with Gasteiger partial charge in [0, 0.05) is 18.6 Å². The topological polar surface area (TPSA) is 89.8 Å². The van der Waals surface area contributed by atoms with E-state index in [0.717, 1.165) is 11.0 Å². The molecule has 6 heteroatoms. The molecule has 0 radical (unpaired) electrons. The molecule has 2 aromatic rings. The van der Waals surface area contributed by atoms with Gasteiger partial charge in [0.05, 0.1) is 11.9 Å². The third kappa shape index (κ3) is 2.06. The van der Waals surface area contributed by atoms with Crippen molar-refractivity contribution in [2.75, 3.05) is 5.43 Å². The zero-order valence-corrected chi connectivity index (χ0v) is 9.05. The third-order valence-corrected chi connectivity index (χ3v) is 2.22. The lowest BCUT2D eigenvalue weighted by Gasteiger charge is -2.00. The van der Waals surface area contributed by atoms with Crippen molar-refractivity contribution in [2.45, 2.75) is 0 Å². The largest absolute Gasteiger partial charge is 0.336 e. The predicted molar refractivity (Wildman–Crippen MR) is 63.0 cm³/mol. The summed E-state index contributed by atoms with van der Waals surface area (Å²) in [5.74, 6) is 0. The highest BCUT2D eigenvalue weighted by molar-refractivity contribution is 6.10. The smallest absolute Gasteiger partial charge is 0.237 e. The van der Waals surface area contributed by atoms with E-state index in [4.69, 9.17) is 10.5 Å². The fourth-order valence-electron chi connectivity index (χ4n) is 1.41. The van der Waals surface area contributed by atoms with Gasteiger partial charge >= 0.3 is 0 Å². The van der Waals surface area contributed by atoms with Gasteiger partial charge in [-0.2, -0.15) is 15.6 Å². The van der Waals surface area contributed by atoms with Gasteiger partial charge in [-0.15, -0.1) is 0 Å². The summed E-state index contributed by atoms with van der Waals surface area (Å²) in [6.45, 7) is 0. The van der Waals surface area contributed by atoms with Gasteiger partial charge in [-0.1, -0.05) is 0 Å². The van der Waals surface area contributed by atoms with Crippen LogP contribution in [-0.4, -0.2) is 15.3 Å². The Morgan fingerprint density at radius 2 is 2.24 bits per heavy atom. The number of rotatable bonds is 2. The van der Waals surface area contributed by atoms with Gasteiger partial charge in [0.15, 0.2) is 0 Å². The Labute approximate surface area is 97.4 Å². The minimum atomic E-state index is -0.224. The molecular formula is C11H8N6. The van der Waals surface area contributed by atoms with Gasteiger partial charge < -0.3 is 4.57 Å². The molecule has 17 heavy (non-hydrogen) atoms. The molecule has 1 N–H and O–H groups in total. The van der Waals surface area contributed by atoms with Crippen molar-refractivity contribution >= 4 is 22.4 Å². The maximum atomic E-state index is 8.52. The minimum Gasteiger partial charge on any atom is -0.336 e. The van der Waals surface area contributed by atoms with Crippen LogP contribution in [0.1, 0.15) is 0 Å². The number of aryl methyl sites for hydroxylation is 1. The molecule has 0 aliphatic rings. The molecule has 0 aromatic carbocycles. The second-order valence-electron chi connectivity index (χ2n) is 3.36. The maximum Gasteiger partial charge on any atom is 0.237 e. The number of nitrogens with one attached hydrogen (secondary N) is 1. The van der Waals surface area contributed by atoms with Crippen molar-refractivity contribution < 1.29 is 0 Å². The Hall–Kier alpha value is -2.86. The number of hydrogen-bond donors (Lipinski definition) is 1. The molecular weight excluding hydrogens is 216 g/mol.